The van der Waals surface area contributed by atoms with Gasteiger partial charge in [0.25, 0.3) is 5.91 Å². The fraction of sp³-hybridized carbons (Fsp3) is 0.273. The molecule has 140 valence electrons. The van der Waals surface area contributed by atoms with Gasteiger partial charge in [-0.1, -0.05) is 60.1 Å². The molecule has 3 aromatic rings. The van der Waals surface area contributed by atoms with Gasteiger partial charge in [-0.15, -0.1) is 0 Å². The Morgan fingerprint density at radius 3 is 2.48 bits per heavy atom. The summed E-state index contributed by atoms with van der Waals surface area (Å²) < 4.78 is 11.0. The van der Waals surface area contributed by atoms with E-state index in [1.54, 1.807) is 6.92 Å². The third-order valence-electron chi connectivity index (χ3n) is 4.52. The van der Waals surface area contributed by atoms with E-state index >= 15 is 0 Å². The number of nitrogens with zero attached hydrogens (tertiary/aromatic N) is 1. The highest BCUT2D eigenvalue weighted by Gasteiger charge is 2.23. The first-order valence-electron chi connectivity index (χ1n) is 9.09. The van der Waals surface area contributed by atoms with Crippen molar-refractivity contribution in [1.29, 1.82) is 0 Å². The second-order valence-corrected chi connectivity index (χ2v) is 6.51. The van der Waals surface area contributed by atoms with E-state index in [9.17, 15) is 4.79 Å². The molecule has 0 radical (unpaired) electrons. The van der Waals surface area contributed by atoms with Crippen LogP contribution < -0.4 is 10.1 Å². The Morgan fingerprint density at radius 2 is 1.81 bits per heavy atom. The maximum Gasteiger partial charge on any atom is 0.274 e. The molecule has 2 aromatic carbocycles. The van der Waals surface area contributed by atoms with E-state index < -0.39 is 0 Å². The maximum absolute atomic E-state index is 12.8. The van der Waals surface area contributed by atoms with Crippen LogP contribution >= 0.6 is 0 Å². The van der Waals surface area contributed by atoms with Gasteiger partial charge in [0.15, 0.2) is 5.69 Å². The first-order valence-corrected chi connectivity index (χ1v) is 9.09. The number of carbonyl (C=O) groups excluding carboxylic acids is 1. The van der Waals surface area contributed by atoms with Crippen molar-refractivity contribution in [3.05, 3.63) is 82.7 Å². The summed E-state index contributed by atoms with van der Waals surface area (Å²) in [4.78, 5) is 12.8. The molecule has 1 N–H and O–H groups in total. The number of aromatic nitrogens is 1. The second kappa shape index (κ2) is 8.54. The Hall–Kier alpha value is -3.08. The van der Waals surface area contributed by atoms with Crippen LogP contribution in [0.4, 0.5) is 0 Å². The summed E-state index contributed by atoms with van der Waals surface area (Å²) in [7, 11) is 0. The number of amides is 1. The van der Waals surface area contributed by atoms with Crippen LogP contribution in [0.2, 0.25) is 0 Å². The molecule has 5 nitrogen and oxygen atoms in total. The zero-order valence-corrected chi connectivity index (χ0v) is 15.9. The van der Waals surface area contributed by atoms with E-state index in [1.807, 2.05) is 68.4 Å². The molecule has 0 bridgehead atoms. The minimum absolute atomic E-state index is 0.0852. The number of aryl methyl sites for hydroxylation is 2. The average Bonchev–Trinajstić information content (AvgIpc) is 3.06. The highest BCUT2D eigenvalue weighted by molar-refractivity contribution is 5.94. The number of benzene rings is 2. The first kappa shape index (κ1) is 18.7. The van der Waals surface area contributed by atoms with Gasteiger partial charge in [0.2, 0.25) is 0 Å². The van der Waals surface area contributed by atoms with Crippen LogP contribution in [-0.2, 0) is 6.61 Å². The van der Waals surface area contributed by atoms with E-state index in [0.29, 0.717) is 11.3 Å². The molecule has 0 spiro atoms. The lowest BCUT2D eigenvalue weighted by molar-refractivity contribution is 0.0924. The normalized spacial score (nSPS) is 11.8. The van der Waals surface area contributed by atoms with Crippen LogP contribution in [0.25, 0.3) is 0 Å². The van der Waals surface area contributed by atoms with E-state index in [1.165, 1.54) is 5.56 Å². The molecule has 0 fully saturated rings. The highest BCUT2D eigenvalue weighted by Crippen LogP contribution is 2.21. The number of nitrogens with one attached hydrogen (secondary N) is 1. The minimum atomic E-state index is -0.258. The van der Waals surface area contributed by atoms with Crippen molar-refractivity contribution in [2.75, 3.05) is 0 Å². The molecule has 0 aliphatic carbocycles. The fourth-order valence-electron chi connectivity index (χ4n) is 2.86. The highest BCUT2D eigenvalue weighted by atomic mass is 16.5. The molecule has 1 unspecified atom stereocenters. The third kappa shape index (κ3) is 4.56. The Kier molecular flexibility index (Phi) is 5.91. The smallest absolute Gasteiger partial charge is 0.274 e. The van der Waals surface area contributed by atoms with Crippen molar-refractivity contribution in [2.24, 2.45) is 0 Å². The van der Waals surface area contributed by atoms with Crippen molar-refractivity contribution in [1.82, 2.24) is 10.5 Å². The SMILES string of the molecule is CCC(NC(=O)c1noc(C)c1COc1ccccc1)c1ccc(C)cc1. The summed E-state index contributed by atoms with van der Waals surface area (Å²) in [6, 6.07) is 17.5. The van der Waals surface area contributed by atoms with Crippen LogP contribution in [0.15, 0.2) is 59.1 Å². The number of ether oxygens (including phenoxy) is 1. The monoisotopic (exact) mass is 364 g/mol. The summed E-state index contributed by atoms with van der Waals surface area (Å²) in [6.45, 7) is 6.09. The van der Waals surface area contributed by atoms with Gasteiger partial charge >= 0.3 is 0 Å². The van der Waals surface area contributed by atoms with Crippen molar-refractivity contribution < 1.29 is 14.1 Å². The van der Waals surface area contributed by atoms with E-state index in [4.69, 9.17) is 9.26 Å². The van der Waals surface area contributed by atoms with Gasteiger partial charge in [-0.05, 0) is 38.0 Å². The molecule has 1 atom stereocenters. The van der Waals surface area contributed by atoms with Crippen LogP contribution in [0.1, 0.15) is 52.3 Å². The Bertz CT molecular complexity index is 886. The quantitative estimate of drug-likeness (QED) is 0.657. The van der Waals surface area contributed by atoms with Gasteiger partial charge in [-0.2, -0.15) is 0 Å². The third-order valence-corrected chi connectivity index (χ3v) is 4.52. The van der Waals surface area contributed by atoms with Gasteiger partial charge in [0.1, 0.15) is 18.1 Å². The number of carbonyl (C=O) groups is 1. The van der Waals surface area contributed by atoms with Crippen LogP contribution in [-0.4, -0.2) is 11.1 Å². The van der Waals surface area contributed by atoms with Gasteiger partial charge in [-0.25, -0.2) is 0 Å². The number of hydrogen-bond acceptors (Lipinski definition) is 4. The second-order valence-electron chi connectivity index (χ2n) is 6.51. The standard InChI is InChI=1S/C22H24N2O3/c1-4-20(17-12-10-15(2)11-13-17)23-22(25)21-19(16(3)27-24-21)14-26-18-8-6-5-7-9-18/h5-13,20H,4,14H2,1-3H3,(H,23,25). The van der Waals surface area contributed by atoms with Gasteiger partial charge in [0, 0.05) is 0 Å². The van der Waals surface area contributed by atoms with Gasteiger partial charge in [-0.3, -0.25) is 4.79 Å². The topological polar surface area (TPSA) is 64.4 Å². The van der Waals surface area contributed by atoms with Gasteiger partial charge < -0.3 is 14.6 Å². The molecular weight excluding hydrogens is 340 g/mol. The minimum Gasteiger partial charge on any atom is -0.489 e. The zero-order valence-electron chi connectivity index (χ0n) is 15.9. The van der Waals surface area contributed by atoms with Crippen LogP contribution in [0.5, 0.6) is 5.75 Å². The maximum atomic E-state index is 12.8. The summed E-state index contributed by atoms with van der Waals surface area (Å²) in [5.74, 6) is 1.06. The van der Waals surface area contributed by atoms with E-state index in [2.05, 4.69) is 10.5 Å². The molecule has 0 aliphatic heterocycles. The molecule has 27 heavy (non-hydrogen) atoms. The number of rotatable bonds is 7. The first-order chi connectivity index (χ1) is 13.1. The van der Waals surface area contributed by atoms with Crippen molar-refractivity contribution in [3.8, 4) is 5.75 Å². The predicted octanol–water partition coefficient (Wildman–Crippen LogP) is 4.75. The lowest BCUT2D eigenvalue weighted by Crippen LogP contribution is -2.29. The van der Waals surface area contributed by atoms with E-state index in [0.717, 1.165) is 17.7 Å². The van der Waals surface area contributed by atoms with Crippen molar-refractivity contribution in [2.45, 2.75) is 39.8 Å². The number of para-hydroxylation sites is 1. The lowest BCUT2D eigenvalue weighted by atomic mass is 10.0. The fourth-order valence-corrected chi connectivity index (χ4v) is 2.86. The summed E-state index contributed by atoms with van der Waals surface area (Å²) >= 11 is 0. The molecule has 5 heteroatoms. The predicted molar refractivity (Wildman–Crippen MR) is 104 cm³/mol. The van der Waals surface area contributed by atoms with Crippen molar-refractivity contribution in [3.63, 3.8) is 0 Å². The van der Waals surface area contributed by atoms with E-state index in [-0.39, 0.29) is 24.2 Å². The largest absolute Gasteiger partial charge is 0.489 e. The summed E-state index contributed by atoms with van der Waals surface area (Å²) in [6.07, 6.45) is 0.779. The molecule has 1 aromatic heterocycles. The van der Waals surface area contributed by atoms with Crippen molar-refractivity contribution >= 4 is 5.91 Å². The number of hydrogen-bond donors (Lipinski definition) is 1. The molecule has 0 saturated carbocycles. The van der Waals surface area contributed by atoms with Crippen LogP contribution in [0.3, 0.4) is 0 Å². The Morgan fingerprint density at radius 1 is 1.11 bits per heavy atom. The molecular formula is C22H24N2O3. The molecule has 3 rings (SSSR count). The Balaban J connectivity index is 1.73. The van der Waals surface area contributed by atoms with Gasteiger partial charge in [0.05, 0.1) is 11.6 Å². The molecule has 0 saturated heterocycles. The molecule has 1 heterocycles. The summed E-state index contributed by atoms with van der Waals surface area (Å²) in [5, 5.41) is 7.01. The molecule has 1 amide bonds. The van der Waals surface area contributed by atoms with Crippen LogP contribution in [0, 0.1) is 13.8 Å². The zero-order chi connectivity index (χ0) is 19.2. The average molecular weight is 364 g/mol. The summed E-state index contributed by atoms with van der Waals surface area (Å²) in [5.41, 5.74) is 3.19. The molecule has 0 aliphatic rings. The lowest BCUT2D eigenvalue weighted by Gasteiger charge is -2.17. The Labute approximate surface area is 159 Å².